The first-order valence-corrected chi connectivity index (χ1v) is 8.31. The Labute approximate surface area is 137 Å². The van der Waals surface area contributed by atoms with E-state index in [4.69, 9.17) is 4.74 Å². The van der Waals surface area contributed by atoms with Gasteiger partial charge in [0.2, 0.25) is 5.91 Å². The molecule has 5 heteroatoms. The van der Waals surface area contributed by atoms with Gasteiger partial charge >= 0.3 is 5.97 Å². The fraction of sp³-hybridized carbons (Fsp3) is 0.556. The first kappa shape index (κ1) is 16.0. The summed E-state index contributed by atoms with van der Waals surface area (Å²) in [5, 5.41) is 0. The molecule has 124 valence electrons. The molecule has 0 saturated carbocycles. The van der Waals surface area contributed by atoms with Gasteiger partial charge in [0.15, 0.2) is 0 Å². The lowest BCUT2D eigenvalue weighted by Crippen LogP contribution is -2.48. The number of methoxy groups -OCH3 is 1. The van der Waals surface area contributed by atoms with Crippen LogP contribution in [0.5, 0.6) is 0 Å². The van der Waals surface area contributed by atoms with E-state index in [2.05, 4.69) is 29.2 Å². The normalized spacial score (nSPS) is 25.6. The van der Waals surface area contributed by atoms with Crippen LogP contribution < -0.4 is 0 Å². The van der Waals surface area contributed by atoms with Gasteiger partial charge in [-0.25, -0.2) is 0 Å². The Balaban J connectivity index is 1.60. The first-order chi connectivity index (χ1) is 11.2. The van der Waals surface area contributed by atoms with Gasteiger partial charge in [0.05, 0.1) is 13.0 Å². The standard InChI is InChI=1S/C18H24N2O3/c1-23-18(22)15-10-17(21)20(12-15)16-8-5-9-19(13-16)11-14-6-3-2-4-7-14/h2-4,6-7,15-16H,5,8-13H2,1H3/t15?,16-/m1/s1. The maximum atomic E-state index is 12.3. The molecule has 2 aliphatic rings. The molecule has 2 heterocycles. The number of carbonyl (C=O) groups is 2. The van der Waals surface area contributed by atoms with E-state index >= 15 is 0 Å². The average Bonchev–Trinajstić information content (AvgIpc) is 2.97. The molecule has 0 aromatic heterocycles. The van der Waals surface area contributed by atoms with E-state index in [9.17, 15) is 9.59 Å². The largest absolute Gasteiger partial charge is 0.469 e. The third-order valence-electron chi connectivity index (χ3n) is 4.86. The van der Waals surface area contributed by atoms with Gasteiger partial charge in [0, 0.05) is 32.1 Å². The monoisotopic (exact) mass is 316 g/mol. The van der Waals surface area contributed by atoms with Crippen LogP contribution in [0.2, 0.25) is 0 Å². The second kappa shape index (κ2) is 7.13. The molecule has 2 fully saturated rings. The number of benzene rings is 1. The van der Waals surface area contributed by atoms with Crippen LogP contribution in [0, 0.1) is 5.92 Å². The van der Waals surface area contributed by atoms with E-state index in [1.165, 1.54) is 12.7 Å². The second-order valence-electron chi connectivity index (χ2n) is 6.49. The fourth-order valence-electron chi connectivity index (χ4n) is 3.68. The zero-order valence-corrected chi connectivity index (χ0v) is 13.6. The summed E-state index contributed by atoms with van der Waals surface area (Å²) in [4.78, 5) is 28.3. The Morgan fingerprint density at radius 1 is 1.26 bits per heavy atom. The molecule has 1 unspecified atom stereocenters. The van der Waals surface area contributed by atoms with Crippen molar-refractivity contribution in [1.29, 1.82) is 0 Å². The molecule has 2 atom stereocenters. The molecule has 1 amide bonds. The molecule has 0 radical (unpaired) electrons. The predicted octanol–water partition coefficient (Wildman–Crippen LogP) is 1.67. The van der Waals surface area contributed by atoms with Crippen molar-refractivity contribution in [2.75, 3.05) is 26.7 Å². The molecule has 0 aliphatic carbocycles. The maximum absolute atomic E-state index is 12.3. The Morgan fingerprint density at radius 3 is 2.78 bits per heavy atom. The molecule has 23 heavy (non-hydrogen) atoms. The highest BCUT2D eigenvalue weighted by Gasteiger charge is 2.39. The van der Waals surface area contributed by atoms with Gasteiger partial charge in [-0.15, -0.1) is 0 Å². The number of amides is 1. The first-order valence-electron chi connectivity index (χ1n) is 8.31. The lowest BCUT2D eigenvalue weighted by Gasteiger charge is -2.37. The Kier molecular flexibility index (Phi) is 4.96. The molecule has 3 rings (SSSR count). The number of likely N-dealkylation sites (tertiary alicyclic amines) is 2. The number of hydrogen-bond acceptors (Lipinski definition) is 4. The predicted molar refractivity (Wildman–Crippen MR) is 86.6 cm³/mol. The minimum atomic E-state index is -0.294. The molecule has 0 bridgehead atoms. The van der Waals surface area contributed by atoms with Crippen molar-refractivity contribution in [2.45, 2.75) is 31.8 Å². The molecule has 1 aromatic carbocycles. The summed E-state index contributed by atoms with van der Waals surface area (Å²) in [5.74, 6) is -0.471. The van der Waals surface area contributed by atoms with E-state index in [0.717, 1.165) is 32.5 Å². The quantitative estimate of drug-likeness (QED) is 0.793. The summed E-state index contributed by atoms with van der Waals surface area (Å²) in [7, 11) is 1.39. The number of carbonyl (C=O) groups excluding carboxylic acids is 2. The number of esters is 1. The van der Waals surface area contributed by atoms with Gasteiger partial charge in [-0.3, -0.25) is 14.5 Å². The third kappa shape index (κ3) is 3.72. The van der Waals surface area contributed by atoms with Gasteiger partial charge in [-0.2, -0.15) is 0 Å². The molecule has 0 spiro atoms. The molecule has 2 saturated heterocycles. The third-order valence-corrected chi connectivity index (χ3v) is 4.86. The van der Waals surface area contributed by atoms with Gasteiger partial charge in [-0.05, 0) is 24.9 Å². The Bertz CT molecular complexity index is 561. The molecular weight excluding hydrogens is 292 g/mol. The Hall–Kier alpha value is -1.88. The highest BCUT2D eigenvalue weighted by atomic mass is 16.5. The van der Waals surface area contributed by atoms with Crippen molar-refractivity contribution in [3.63, 3.8) is 0 Å². The number of rotatable bonds is 4. The van der Waals surface area contributed by atoms with Gasteiger partial charge in [0.25, 0.3) is 0 Å². The van der Waals surface area contributed by atoms with E-state index in [1.807, 2.05) is 11.0 Å². The topological polar surface area (TPSA) is 49.9 Å². The number of piperidine rings is 1. The van der Waals surface area contributed by atoms with Crippen molar-refractivity contribution in [3.05, 3.63) is 35.9 Å². The molecule has 2 aliphatic heterocycles. The zero-order chi connectivity index (χ0) is 16.2. The zero-order valence-electron chi connectivity index (χ0n) is 13.6. The van der Waals surface area contributed by atoms with Crippen LogP contribution in [0.15, 0.2) is 30.3 Å². The molecule has 1 aromatic rings. The maximum Gasteiger partial charge on any atom is 0.310 e. The van der Waals surface area contributed by atoms with Crippen molar-refractivity contribution >= 4 is 11.9 Å². The highest BCUT2D eigenvalue weighted by molar-refractivity contribution is 5.87. The summed E-state index contributed by atoms with van der Waals surface area (Å²) in [6.07, 6.45) is 2.40. The highest BCUT2D eigenvalue weighted by Crippen LogP contribution is 2.26. The summed E-state index contributed by atoms with van der Waals surface area (Å²) >= 11 is 0. The fourth-order valence-corrected chi connectivity index (χ4v) is 3.68. The van der Waals surface area contributed by atoms with E-state index < -0.39 is 0 Å². The van der Waals surface area contributed by atoms with Gasteiger partial charge in [0.1, 0.15) is 0 Å². The summed E-state index contributed by atoms with van der Waals surface area (Å²) in [6, 6.07) is 10.6. The number of ether oxygens (including phenoxy) is 1. The van der Waals surface area contributed by atoms with Crippen LogP contribution >= 0.6 is 0 Å². The van der Waals surface area contributed by atoms with Crippen LogP contribution in [0.1, 0.15) is 24.8 Å². The lowest BCUT2D eigenvalue weighted by molar-refractivity contribution is -0.145. The summed E-state index contributed by atoms with van der Waals surface area (Å²) in [6.45, 7) is 3.37. The average molecular weight is 316 g/mol. The SMILES string of the molecule is COC(=O)C1CC(=O)N([C@@H]2CCCN(Cc3ccccc3)C2)C1. The van der Waals surface area contributed by atoms with Crippen LogP contribution in [-0.2, 0) is 20.9 Å². The van der Waals surface area contributed by atoms with Crippen LogP contribution in [0.3, 0.4) is 0 Å². The van der Waals surface area contributed by atoms with Crippen LogP contribution in [0.4, 0.5) is 0 Å². The summed E-state index contributed by atoms with van der Waals surface area (Å²) in [5.41, 5.74) is 1.30. The van der Waals surface area contributed by atoms with Crippen molar-refractivity contribution < 1.29 is 14.3 Å². The van der Waals surface area contributed by atoms with Crippen molar-refractivity contribution in [2.24, 2.45) is 5.92 Å². The smallest absolute Gasteiger partial charge is 0.310 e. The van der Waals surface area contributed by atoms with Gasteiger partial charge < -0.3 is 9.64 Å². The Morgan fingerprint density at radius 2 is 2.04 bits per heavy atom. The van der Waals surface area contributed by atoms with E-state index in [1.54, 1.807) is 0 Å². The minimum absolute atomic E-state index is 0.0898. The summed E-state index contributed by atoms with van der Waals surface area (Å²) < 4.78 is 4.79. The molecule has 5 nitrogen and oxygen atoms in total. The van der Waals surface area contributed by atoms with E-state index in [-0.39, 0.29) is 23.8 Å². The van der Waals surface area contributed by atoms with Crippen molar-refractivity contribution in [3.8, 4) is 0 Å². The number of nitrogens with zero attached hydrogens (tertiary/aromatic N) is 2. The molecular formula is C18H24N2O3. The minimum Gasteiger partial charge on any atom is -0.469 e. The molecule has 0 N–H and O–H groups in total. The number of hydrogen-bond donors (Lipinski definition) is 0. The van der Waals surface area contributed by atoms with Crippen LogP contribution in [0.25, 0.3) is 0 Å². The van der Waals surface area contributed by atoms with Crippen LogP contribution in [-0.4, -0.2) is 54.5 Å². The lowest BCUT2D eigenvalue weighted by atomic mass is 10.0. The van der Waals surface area contributed by atoms with Gasteiger partial charge in [-0.1, -0.05) is 30.3 Å². The van der Waals surface area contributed by atoms with E-state index in [0.29, 0.717) is 13.0 Å². The second-order valence-corrected chi connectivity index (χ2v) is 6.49. The van der Waals surface area contributed by atoms with Crippen molar-refractivity contribution in [1.82, 2.24) is 9.80 Å².